The molecule has 67 heavy (non-hydrogen) atoms. The van der Waals surface area contributed by atoms with E-state index in [1.54, 1.807) is 18.7 Å². The van der Waals surface area contributed by atoms with Gasteiger partial charge in [0.15, 0.2) is 0 Å². The van der Waals surface area contributed by atoms with E-state index in [0.717, 1.165) is 54.0 Å². The SMILES string of the molecule is CCCCCCN(O)C(=O)CCCCC[C@@H]1NC(=O)[C@H]([C@@H](C)CC)NC(=O)[C@H](Cc2ccccc2C(F)(F)F)NC(=O)CCSCc2cccc(n2)CSCCCNC1=O.O=C(O)C(F)(F)F. The number of alkyl halides is 6. The molecule has 4 atom stereocenters. The lowest BCUT2D eigenvalue weighted by molar-refractivity contribution is -0.192. The summed E-state index contributed by atoms with van der Waals surface area (Å²) < 4.78 is 73.9. The minimum Gasteiger partial charge on any atom is -0.475 e. The molecule has 14 nitrogen and oxygen atoms in total. The molecule has 0 saturated heterocycles. The van der Waals surface area contributed by atoms with Gasteiger partial charge in [0, 0.05) is 49.6 Å². The fraction of sp³-hybridized carbons (Fsp3) is 0.622. The molecule has 1 aromatic heterocycles. The van der Waals surface area contributed by atoms with Crippen molar-refractivity contribution in [2.45, 2.75) is 146 Å². The first-order valence-electron chi connectivity index (χ1n) is 22.4. The zero-order valence-electron chi connectivity index (χ0n) is 38.1. The zero-order chi connectivity index (χ0) is 50.0. The van der Waals surface area contributed by atoms with Gasteiger partial charge in [-0.3, -0.25) is 34.2 Å². The number of fused-ring (bicyclic) bond motifs is 2. The number of amides is 5. The third-order valence-corrected chi connectivity index (χ3v) is 12.6. The highest BCUT2D eigenvalue weighted by Gasteiger charge is 2.38. The van der Waals surface area contributed by atoms with Crippen LogP contribution in [0.4, 0.5) is 26.3 Å². The van der Waals surface area contributed by atoms with Gasteiger partial charge in [-0.05, 0) is 61.1 Å². The lowest BCUT2D eigenvalue weighted by Gasteiger charge is -2.29. The fourth-order valence-corrected chi connectivity index (χ4v) is 8.32. The summed E-state index contributed by atoms with van der Waals surface area (Å²) >= 11 is 3.15. The molecule has 0 fully saturated rings. The largest absolute Gasteiger partial charge is 0.490 e. The molecule has 0 radical (unpaired) electrons. The van der Waals surface area contributed by atoms with Crippen molar-refractivity contribution < 1.29 is 65.4 Å². The molecule has 1 aliphatic heterocycles. The number of rotatable bonds is 15. The van der Waals surface area contributed by atoms with Gasteiger partial charge in [-0.1, -0.05) is 83.6 Å². The van der Waals surface area contributed by atoms with Crippen LogP contribution in [0.3, 0.4) is 0 Å². The number of halogens is 6. The third-order valence-electron chi connectivity index (χ3n) is 10.6. The van der Waals surface area contributed by atoms with Crippen LogP contribution in [0.2, 0.25) is 0 Å². The van der Waals surface area contributed by atoms with Crippen LogP contribution in [-0.2, 0) is 52.9 Å². The van der Waals surface area contributed by atoms with E-state index in [0.29, 0.717) is 55.9 Å². The Kier molecular flexibility index (Phi) is 26.9. The smallest absolute Gasteiger partial charge is 0.475 e. The number of carbonyl (C=O) groups is 6. The van der Waals surface area contributed by atoms with Crippen LogP contribution in [0, 0.1) is 5.92 Å². The monoisotopic (exact) mass is 994 g/mol. The van der Waals surface area contributed by atoms with Gasteiger partial charge in [0.1, 0.15) is 18.1 Å². The molecule has 0 saturated carbocycles. The molecule has 6 N–H and O–H groups in total. The summed E-state index contributed by atoms with van der Waals surface area (Å²) in [5.74, 6) is -3.69. The molecule has 5 amide bonds. The average Bonchev–Trinajstić information content (AvgIpc) is 3.27. The van der Waals surface area contributed by atoms with Crippen LogP contribution >= 0.6 is 23.5 Å². The standard InChI is InChI=1S/C43H63F3N6O6S2.C2HF3O2/c1-4-6-7-13-24-52(58)38(54)21-10-8-9-20-35-40(55)47-23-15-25-59-28-32-17-14-18-33(48-32)29-60-26-22-37(53)49-36(27-31-16-11-12-19-34(31)43(44,45)46)41(56)51-39(30(3)5-2)42(57)50-35;3-2(4,5)1(6)7/h11-12,14,16-19,30,35-36,39,58H,4-10,13,15,20-29H2,1-3H3,(H,47,55)(H,49,53)(H,50,57)(H,51,56);(H,6,7)/t30-,35-,36-,39-;/m0./s1. The maximum Gasteiger partial charge on any atom is 0.490 e. The van der Waals surface area contributed by atoms with E-state index < -0.39 is 78.0 Å². The first kappa shape index (κ1) is 58.6. The van der Waals surface area contributed by atoms with Crippen molar-refractivity contribution in [1.82, 2.24) is 31.3 Å². The number of hydroxylamine groups is 2. The Bertz CT molecular complexity index is 1880. The summed E-state index contributed by atoms with van der Waals surface area (Å²) in [6.45, 7) is 6.27. The Morgan fingerprint density at radius 2 is 1.45 bits per heavy atom. The first-order chi connectivity index (χ1) is 31.7. The maximum atomic E-state index is 14.0. The molecular weight excluding hydrogens is 931 g/mol. The number of hydrogen-bond donors (Lipinski definition) is 6. The van der Waals surface area contributed by atoms with E-state index in [4.69, 9.17) is 14.9 Å². The van der Waals surface area contributed by atoms with E-state index in [1.807, 2.05) is 25.1 Å². The number of pyridine rings is 1. The van der Waals surface area contributed by atoms with Gasteiger partial charge in [-0.25, -0.2) is 9.86 Å². The molecule has 1 aliphatic rings. The number of aliphatic carboxylic acids is 1. The van der Waals surface area contributed by atoms with Gasteiger partial charge in [0.25, 0.3) is 0 Å². The number of unbranched alkanes of at least 4 members (excludes halogenated alkanes) is 5. The predicted octanol–water partition coefficient (Wildman–Crippen LogP) is 7.60. The topological polar surface area (TPSA) is 207 Å². The molecule has 0 aliphatic carbocycles. The molecule has 2 bridgehead atoms. The summed E-state index contributed by atoms with van der Waals surface area (Å²) in [7, 11) is 0. The number of carbonyl (C=O) groups excluding carboxylic acids is 5. The molecule has 1 aromatic carbocycles. The average molecular weight is 995 g/mol. The van der Waals surface area contributed by atoms with E-state index >= 15 is 0 Å². The number of carboxylic acid groups (broad SMARTS) is 1. The van der Waals surface area contributed by atoms with E-state index in [-0.39, 0.29) is 37.3 Å². The summed E-state index contributed by atoms with van der Waals surface area (Å²) in [6, 6.07) is 6.99. The molecule has 2 heterocycles. The summed E-state index contributed by atoms with van der Waals surface area (Å²) in [6.07, 6.45) is -3.62. The second kappa shape index (κ2) is 30.7. The van der Waals surface area contributed by atoms with Gasteiger partial charge in [0.05, 0.1) is 17.0 Å². The molecular formula is C45H64F6N6O8S2. The molecule has 0 spiro atoms. The van der Waals surface area contributed by atoms with Crippen molar-refractivity contribution in [2.75, 3.05) is 24.6 Å². The highest BCUT2D eigenvalue weighted by molar-refractivity contribution is 7.98. The number of nitrogens with zero attached hydrogens (tertiary/aromatic N) is 2. The van der Waals surface area contributed by atoms with Gasteiger partial charge in [-0.2, -0.15) is 49.9 Å². The summed E-state index contributed by atoms with van der Waals surface area (Å²) in [5.41, 5.74) is 0.604. The second-order valence-electron chi connectivity index (χ2n) is 16.0. The Balaban J connectivity index is 0.00000203. The van der Waals surface area contributed by atoms with Crippen LogP contribution in [-0.4, -0.2) is 105 Å². The minimum atomic E-state index is -5.08. The summed E-state index contributed by atoms with van der Waals surface area (Å²) in [5, 5.41) is 29.1. The highest BCUT2D eigenvalue weighted by Crippen LogP contribution is 2.32. The molecule has 2 aromatic rings. The van der Waals surface area contributed by atoms with Gasteiger partial charge in [-0.15, -0.1) is 0 Å². The number of thioether (sulfide) groups is 2. The zero-order valence-corrected chi connectivity index (χ0v) is 39.7. The molecule has 22 heteroatoms. The Hall–Kier alpha value is -4.57. The van der Waals surface area contributed by atoms with E-state index in [9.17, 15) is 55.5 Å². The Labute approximate surface area is 396 Å². The highest BCUT2D eigenvalue weighted by atomic mass is 32.2. The van der Waals surface area contributed by atoms with Crippen LogP contribution < -0.4 is 21.3 Å². The van der Waals surface area contributed by atoms with Crippen molar-refractivity contribution in [1.29, 1.82) is 0 Å². The molecule has 0 unspecified atom stereocenters. The van der Waals surface area contributed by atoms with Crippen molar-refractivity contribution >= 4 is 59.0 Å². The Morgan fingerprint density at radius 1 is 0.806 bits per heavy atom. The normalized spacial score (nSPS) is 19.0. The van der Waals surface area contributed by atoms with Crippen molar-refractivity contribution in [2.24, 2.45) is 5.92 Å². The molecule has 3 rings (SSSR count). The van der Waals surface area contributed by atoms with Gasteiger partial charge < -0.3 is 26.4 Å². The predicted molar refractivity (Wildman–Crippen MR) is 244 cm³/mol. The number of aromatic nitrogens is 1. The fourth-order valence-electron chi connectivity index (χ4n) is 6.62. The number of benzene rings is 1. The van der Waals surface area contributed by atoms with E-state index in [2.05, 4.69) is 28.2 Å². The lowest BCUT2D eigenvalue weighted by atomic mass is 9.95. The number of carboxylic acids is 1. The van der Waals surface area contributed by atoms with E-state index in [1.165, 1.54) is 30.0 Å². The van der Waals surface area contributed by atoms with Crippen molar-refractivity contribution in [3.63, 3.8) is 0 Å². The Morgan fingerprint density at radius 3 is 2.07 bits per heavy atom. The lowest BCUT2D eigenvalue weighted by Crippen LogP contribution is -2.59. The second-order valence-corrected chi connectivity index (χ2v) is 18.2. The third kappa shape index (κ3) is 23.3. The van der Waals surface area contributed by atoms with Gasteiger partial charge in [0.2, 0.25) is 29.5 Å². The van der Waals surface area contributed by atoms with Crippen LogP contribution in [0.15, 0.2) is 42.5 Å². The summed E-state index contributed by atoms with van der Waals surface area (Å²) in [4.78, 5) is 81.0. The van der Waals surface area contributed by atoms with Crippen LogP contribution in [0.1, 0.15) is 120 Å². The maximum absolute atomic E-state index is 14.0. The molecule has 376 valence electrons. The quantitative estimate of drug-likeness (QED) is 0.0443. The first-order valence-corrected chi connectivity index (χ1v) is 24.7. The number of hydrogen-bond acceptors (Lipinski definition) is 10. The van der Waals surface area contributed by atoms with Crippen LogP contribution in [0.25, 0.3) is 0 Å². The van der Waals surface area contributed by atoms with Crippen LogP contribution in [0.5, 0.6) is 0 Å². The minimum absolute atomic E-state index is 0.0115. The van der Waals surface area contributed by atoms with Crippen molar-refractivity contribution in [3.05, 3.63) is 65.0 Å². The van der Waals surface area contributed by atoms with Crippen molar-refractivity contribution in [3.8, 4) is 0 Å². The number of nitrogens with one attached hydrogen (secondary N) is 4. The van der Waals surface area contributed by atoms with Gasteiger partial charge >= 0.3 is 18.3 Å².